The van der Waals surface area contributed by atoms with Crippen molar-refractivity contribution >= 4 is 21.8 Å². The molecule has 0 fully saturated rings. The van der Waals surface area contributed by atoms with Gasteiger partial charge in [-0.3, -0.25) is 4.79 Å². The number of carbonyl (C=O) groups is 1. The molecule has 0 N–H and O–H groups in total. The third-order valence-electron chi connectivity index (χ3n) is 4.35. The highest BCUT2D eigenvalue weighted by Crippen LogP contribution is 2.23. The maximum atomic E-state index is 12.9. The average Bonchev–Trinajstić information content (AvgIpc) is 2.99. The second-order valence-corrected chi connectivity index (χ2v) is 7.29. The minimum Gasteiger partial charge on any atom is -0.488 e. The lowest BCUT2D eigenvalue weighted by molar-refractivity contribution is 0.0780. The van der Waals surface area contributed by atoms with Crippen LogP contribution in [0.2, 0.25) is 0 Å². The van der Waals surface area contributed by atoms with Gasteiger partial charge in [0.1, 0.15) is 18.1 Å². The Labute approximate surface area is 167 Å². The number of hydrogen-bond donors (Lipinski definition) is 0. The van der Waals surface area contributed by atoms with Crippen molar-refractivity contribution in [2.24, 2.45) is 0 Å². The average molecular weight is 429 g/mol. The van der Waals surface area contributed by atoms with E-state index < -0.39 is 0 Å². The van der Waals surface area contributed by atoms with Crippen LogP contribution >= 0.6 is 15.9 Å². The van der Waals surface area contributed by atoms with E-state index in [-0.39, 0.29) is 5.91 Å². The fourth-order valence-electron chi connectivity index (χ4n) is 2.77. The minimum atomic E-state index is -0.0905. The van der Waals surface area contributed by atoms with Crippen molar-refractivity contribution in [1.29, 1.82) is 0 Å². The maximum absolute atomic E-state index is 12.9. The number of amides is 1. The number of carbonyl (C=O) groups excluding carboxylic acids is 1. The molecule has 1 heterocycles. The first-order valence-electron chi connectivity index (χ1n) is 8.59. The molecule has 1 aromatic heterocycles. The number of ether oxygens (including phenoxy) is 1. The summed E-state index contributed by atoms with van der Waals surface area (Å²) in [4.78, 5) is 14.6. The summed E-state index contributed by atoms with van der Waals surface area (Å²) >= 11 is 3.42. The van der Waals surface area contributed by atoms with E-state index in [9.17, 15) is 4.79 Å². The third-order valence-corrected chi connectivity index (χ3v) is 4.88. The van der Waals surface area contributed by atoms with Crippen LogP contribution in [0.4, 0.5) is 0 Å². The summed E-state index contributed by atoms with van der Waals surface area (Å²) in [6, 6.07) is 15.2. The van der Waals surface area contributed by atoms with Gasteiger partial charge in [-0.2, -0.15) is 0 Å². The van der Waals surface area contributed by atoms with E-state index in [4.69, 9.17) is 9.26 Å². The first-order valence-corrected chi connectivity index (χ1v) is 9.38. The predicted molar refractivity (Wildman–Crippen MR) is 107 cm³/mol. The van der Waals surface area contributed by atoms with Crippen LogP contribution in [0.15, 0.2) is 57.5 Å². The molecule has 5 nitrogen and oxygen atoms in total. The largest absolute Gasteiger partial charge is 0.488 e. The van der Waals surface area contributed by atoms with Crippen molar-refractivity contribution < 1.29 is 14.1 Å². The van der Waals surface area contributed by atoms with Gasteiger partial charge in [-0.1, -0.05) is 45.4 Å². The van der Waals surface area contributed by atoms with Crippen LogP contribution in [0, 0.1) is 13.8 Å². The van der Waals surface area contributed by atoms with E-state index in [1.54, 1.807) is 24.1 Å². The van der Waals surface area contributed by atoms with Crippen molar-refractivity contribution in [2.45, 2.75) is 27.0 Å². The Hall–Kier alpha value is -2.60. The first-order chi connectivity index (χ1) is 13.0. The molecule has 0 saturated carbocycles. The number of nitrogens with zero attached hydrogens (tertiary/aromatic N) is 2. The van der Waals surface area contributed by atoms with Gasteiger partial charge in [0, 0.05) is 18.1 Å². The van der Waals surface area contributed by atoms with E-state index in [1.165, 1.54) is 0 Å². The monoisotopic (exact) mass is 428 g/mol. The second-order valence-electron chi connectivity index (χ2n) is 6.38. The van der Waals surface area contributed by atoms with Crippen molar-refractivity contribution in [2.75, 3.05) is 7.05 Å². The molecule has 6 heteroatoms. The van der Waals surface area contributed by atoms with Crippen LogP contribution in [-0.2, 0) is 13.2 Å². The molecule has 0 bridgehead atoms. The van der Waals surface area contributed by atoms with Gasteiger partial charge in [0.2, 0.25) is 0 Å². The number of aromatic nitrogens is 1. The summed E-state index contributed by atoms with van der Waals surface area (Å²) < 4.78 is 12.1. The molecular weight excluding hydrogens is 408 g/mol. The van der Waals surface area contributed by atoms with Crippen molar-refractivity contribution in [3.05, 3.63) is 81.1 Å². The van der Waals surface area contributed by atoms with Gasteiger partial charge in [0.15, 0.2) is 0 Å². The SMILES string of the molecule is Cc1noc(C)c1COc1ccccc1C(=O)N(C)Cc1ccc(Br)cc1. The Bertz CT molecular complexity index is 915. The predicted octanol–water partition coefficient (Wildman–Crippen LogP) is 4.91. The first kappa shape index (κ1) is 19.2. The van der Waals surface area contributed by atoms with Crippen LogP contribution in [0.25, 0.3) is 0 Å². The maximum Gasteiger partial charge on any atom is 0.257 e. The number of para-hydroxylation sites is 1. The van der Waals surface area contributed by atoms with E-state index in [0.717, 1.165) is 27.1 Å². The number of rotatable bonds is 6. The molecule has 0 aliphatic carbocycles. The zero-order valence-corrected chi connectivity index (χ0v) is 17.1. The lowest BCUT2D eigenvalue weighted by Crippen LogP contribution is -2.26. The molecular formula is C21H21BrN2O3. The van der Waals surface area contributed by atoms with Crippen molar-refractivity contribution in [3.8, 4) is 5.75 Å². The van der Waals surface area contributed by atoms with Gasteiger partial charge in [0.25, 0.3) is 5.91 Å². The van der Waals surface area contributed by atoms with E-state index in [0.29, 0.717) is 24.5 Å². The molecule has 0 atom stereocenters. The summed E-state index contributed by atoms with van der Waals surface area (Å²) in [5, 5.41) is 3.93. The smallest absolute Gasteiger partial charge is 0.257 e. The molecule has 2 aromatic carbocycles. The second kappa shape index (κ2) is 8.39. The molecule has 140 valence electrons. The Balaban J connectivity index is 1.74. The highest BCUT2D eigenvalue weighted by molar-refractivity contribution is 9.10. The lowest BCUT2D eigenvalue weighted by Gasteiger charge is -2.19. The molecule has 0 spiro atoms. The molecule has 0 aliphatic heterocycles. The number of hydrogen-bond acceptors (Lipinski definition) is 4. The van der Waals surface area contributed by atoms with E-state index >= 15 is 0 Å². The van der Waals surface area contributed by atoms with Crippen LogP contribution in [0.1, 0.15) is 32.9 Å². The van der Waals surface area contributed by atoms with Gasteiger partial charge >= 0.3 is 0 Å². The molecule has 0 saturated heterocycles. The molecule has 27 heavy (non-hydrogen) atoms. The number of aryl methyl sites for hydroxylation is 2. The van der Waals surface area contributed by atoms with Gasteiger partial charge < -0.3 is 14.2 Å². The number of halogens is 1. The fourth-order valence-corrected chi connectivity index (χ4v) is 3.03. The lowest BCUT2D eigenvalue weighted by atomic mass is 10.1. The van der Waals surface area contributed by atoms with Gasteiger partial charge in [-0.05, 0) is 43.7 Å². The molecule has 1 amide bonds. The fraction of sp³-hybridized carbons (Fsp3) is 0.238. The van der Waals surface area contributed by atoms with E-state index in [2.05, 4.69) is 21.1 Å². The zero-order chi connectivity index (χ0) is 19.4. The topological polar surface area (TPSA) is 55.6 Å². The summed E-state index contributed by atoms with van der Waals surface area (Å²) in [7, 11) is 1.79. The summed E-state index contributed by atoms with van der Waals surface area (Å²) in [6.45, 7) is 4.55. The van der Waals surface area contributed by atoms with Gasteiger partial charge in [-0.15, -0.1) is 0 Å². The molecule has 3 rings (SSSR count). The zero-order valence-electron chi connectivity index (χ0n) is 15.5. The third kappa shape index (κ3) is 4.57. The van der Waals surface area contributed by atoms with Crippen LogP contribution in [0.5, 0.6) is 5.75 Å². The van der Waals surface area contributed by atoms with Crippen molar-refractivity contribution in [3.63, 3.8) is 0 Å². The standard InChI is InChI=1S/C21H21BrN2O3/c1-14-19(15(2)27-23-14)13-26-20-7-5-4-6-18(20)21(25)24(3)12-16-8-10-17(22)11-9-16/h4-11H,12-13H2,1-3H3. The highest BCUT2D eigenvalue weighted by Gasteiger charge is 2.18. The molecule has 3 aromatic rings. The van der Waals surface area contributed by atoms with Gasteiger partial charge in [0.05, 0.1) is 16.8 Å². The van der Waals surface area contributed by atoms with Crippen LogP contribution < -0.4 is 4.74 Å². The quantitative estimate of drug-likeness (QED) is 0.559. The van der Waals surface area contributed by atoms with E-state index in [1.807, 2.05) is 50.2 Å². The molecule has 0 unspecified atom stereocenters. The highest BCUT2D eigenvalue weighted by atomic mass is 79.9. The van der Waals surface area contributed by atoms with Crippen LogP contribution in [-0.4, -0.2) is 23.0 Å². The Morgan fingerprint density at radius 2 is 1.85 bits per heavy atom. The summed E-state index contributed by atoms with van der Waals surface area (Å²) in [5.41, 5.74) is 3.29. The Morgan fingerprint density at radius 1 is 1.15 bits per heavy atom. The Kier molecular flexibility index (Phi) is 5.96. The van der Waals surface area contributed by atoms with Crippen LogP contribution in [0.3, 0.4) is 0 Å². The normalized spacial score (nSPS) is 10.7. The van der Waals surface area contributed by atoms with Gasteiger partial charge in [-0.25, -0.2) is 0 Å². The minimum absolute atomic E-state index is 0.0905. The summed E-state index contributed by atoms with van der Waals surface area (Å²) in [5.74, 6) is 1.18. The Morgan fingerprint density at radius 3 is 2.52 bits per heavy atom. The molecule has 0 radical (unpaired) electrons. The summed E-state index contributed by atoms with van der Waals surface area (Å²) in [6.07, 6.45) is 0. The van der Waals surface area contributed by atoms with Crippen molar-refractivity contribution in [1.82, 2.24) is 10.1 Å². The number of benzene rings is 2. The molecule has 0 aliphatic rings.